The number of nitrogens with zero attached hydrogens (tertiary/aromatic N) is 2. The topological polar surface area (TPSA) is 39.1 Å². The Morgan fingerprint density at radius 3 is 2.72 bits per heavy atom. The van der Waals surface area contributed by atoms with Gasteiger partial charge in [-0.2, -0.15) is 5.10 Å². The molecule has 3 rings (SSSR count). The Labute approximate surface area is 109 Å². The molecule has 18 heavy (non-hydrogen) atoms. The first-order chi connectivity index (χ1) is 8.77. The van der Waals surface area contributed by atoms with Crippen molar-refractivity contribution in [3.05, 3.63) is 17.0 Å². The highest BCUT2D eigenvalue weighted by Crippen LogP contribution is 2.33. The molecule has 0 radical (unpaired) electrons. The van der Waals surface area contributed by atoms with E-state index in [4.69, 9.17) is 9.84 Å². The van der Waals surface area contributed by atoms with Crippen LogP contribution in [-0.4, -0.2) is 29.5 Å². The second-order valence-electron chi connectivity index (χ2n) is 5.55. The third-order valence-electron chi connectivity index (χ3n) is 4.37. The van der Waals surface area contributed by atoms with Crippen LogP contribution in [0.5, 0.6) is 0 Å². The summed E-state index contributed by atoms with van der Waals surface area (Å²) in [6, 6.07) is 0.510. The summed E-state index contributed by atoms with van der Waals surface area (Å²) in [7, 11) is 2.09. The minimum atomic E-state index is 0.510. The Balaban J connectivity index is 1.89. The maximum atomic E-state index is 5.45. The van der Waals surface area contributed by atoms with Crippen LogP contribution in [0, 0.1) is 6.92 Å². The molecule has 1 atom stereocenters. The van der Waals surface area contributed by atoms with Gasteiger partial charge in [0.2, 0.25) is 0 Å². The van der Waals surface area contributed by atoms with Crippen LogP contribution in [0.1, 0.15) is 54.6 Å². The quantitative estimate of drug-likeness (QED) is 0.872. The van der Waals surface area contributed by atoms with E-state index in [2.05, 4.69) is 24.0 Å². The maximum Gasteiger partial charge on any atom is 0.0689 e. The fourth-order valence-corrected chi connectivity index (χ4v) is 3.43. The molecule has 0 amide bonds. The number of aryl methyl sites for hydroxylation is 1. The van der Waals surface area contributed by atoms with Crippen LogP contribution in [0.4, 0.5) is 0 Å². The Hall–Kier alpha value is -0.870. The summed E-state index contributed by atoms with van der Waals surface area (Å²) >= 11 is 0. The highest BCUT2D eigenvalue weighted by atomic mass is 16.5. The molecule has 0 bridgehead atoms. The van der Waals surface area contributed by atoms with Gasteiger partial charge in [-0.25, -0.2) is 0 Å². The molecule has 1 unspecified atom stereocenters. The molecular weight excluding hydrogens is 226 g/mol. The second-order valence-corrected chi connectivity index (χ2v) is 5.55. The number of nitrogens with one attached hydrogen (secondary N) is 1. The number of hydrogen-bond donors (Lipinski definition) is 1. The first-order valence-corrected chi connectivity index (χ1v) is 7.12. The summed E-state index contributed by atoms with van der Waals surface area (Å²) in [5.74, 6) is 0.597. The lowest BCUT2D eigenvalue weighted by atomic mass is 9.92. The van der Waals surface area contributed by atoms with Gasteiger partial charge < -0.3 is 10.1 Å². The fourth-order valence-electron chi connectivity index (χ4n) is 3.43. The van der Waals surface area contributed by atoms with Gasteiger partial charge in [-0.05, 0) is 44.7 Å². The molecule has 2 saturated heterocycles. The third kappa shape index (κ3) is 2.08. The van der Waals surface area contributed by atoms with E-state index in [9.17, 15) is 0 Å². The predicted octanol–water partition coefficient (Wildman–Crippen LogP) is 2.05. The van der Waals surface area contributed by atoms with E-state index < -0.39 is 0 Å². The van der Waals surface area contributed by atoms with E-state index in [-0.39, 0.29) is 0 Å². The van der Waals surface area contributed by atoms with E-state index >= 15 is 0 Å². The summed E-state index contributed by atoms with van der Waals surface area (Å²) < 4.78 is 7.55. The van der Waals surface area contributed by atoms with Crippen molar-refractivity contribution >= 4 is 0 Å². The van der Waals surface area contributed by atoms with Crippen molar-refractivity contribution in [2.75, 3.05) is 19.8 Å². The molecule has 0 saturated carbocycles. The Morgan fingerprint density at radius 2 is 2.06 bits per heavy atom. The Kier molecular flexibility index (Phi) is 3.39. The Morgan fingerprint density at radius 1 is 1.28 bits per heavy atom. The van der Waals surface area contributed by atoms with E-state index in [1.807, 2.05) is 0 Å². The van der Waals surface area contributed by atoms with Gasteiger partial charge in [0.15, 0.2) is 0 Å². The number of ether oxygens (including phenoxy) is 1. The largest absolute Gasteiger partial charge is 0.381 e. The minimum Gasteiger partial charge on any atom is -0.381 e. The summed E-state index contributed by atoms with van der Waals surface area (Å²) in [4.78, 5) is 0. The van der Waals surface area contributed by atoms with E-state index in [0.717, 1.165) is 32.6 Å². The lowest BCUT2D eigenvalue weighted by Gasteiger charge is -2.21. The third-order valence-corrected chi connectivity index (χ3v) is 4.37. The molecule has 4 nitrogen and oxygen atoms in total. The molecule has 4 heteroatoms. The average Bonchev–Trinajstić information content (AvgIpc) is 2.99. The highest BCUT2D eigenvalue weighted by Gasteiger charge is 2.27. The van der Waals surface area contributed by atoms with Crippen molar-refractivity contribution in [1.29, 1.82) is 0 Å². The van der Waals surface area contributed by atoms with Crippen LogP contribution >= 0.6 is 0 Å². The molecule has 2 fully saturated rings. The van der Waals surface area contributed by atoms with Crippen LogP contribution in [-0.2, 0) is 11.8 Å². The maximum absolute atomic E-state index is 5.45. The normalized spacial score (nSPS) is 25.8. The standard InChI is InChI=1S/C14H23N3O/c1-10-13(11-5-8-18-9-6-11)16-17(2)14(10)12-4-3-7-15-12/h11-12,15H,3-9H2,1-2H3. The first kappa shape index (κ1) is 12.2. The number of hydrogen-bond acceptors (Lipinski definition) is 3. The van der Waals surface area contributed by atoms with Crippen molar-refractivity contribution in [2.24, 2.45) is 7.05 Å². The fraction of sp³-hybridized carbons (Fsp3) is 0.786. The monoisotopic (exact) mass is 249 g/mol. The van der Waals surface area contributed by atoms with Gasteiger partial charge in [0.05, 0.1) is 11.4 Å². The molecule has 0 spiro atoms. The van der Waals surface area contributed by atoms with Crippen molar-refractivity contribution in [3.63, 3.8) is 0 Å². The summed E-state index contributed by atoms with van der Waals surface area (Å²) in [5, 5.41) is 8.38. The molecule has 2 aliphatic heterocycles. The van der Waals surface area contributed by atoms with Crippen molar-refractivity contribution in [3.8, 4) is 0 Å². The lowest BCUT2D eigenvalue weighted by Crippen LogP contribution is -2.17. The summed E-state index contributed by atoms with van der Waals surface area (Å²) in [6.07, 6.45) is 4.76. The molecule has 1 aromatic heterocycles. The van der Waals surface area contributed by atoms with Crippen LogP contribution in [0.25, 0.3) is 0 Å². The van der Waals surface area contributed by atoms with Gasteiger partial charge in [0.25, 0.3) is 0 Å². The SMILES string of the molecule is Cc1c(C2CCOCC2)nn(C)c1C1CCCN1. The van der Waals surface area contributed by atoms with Crippen molar-refractivity contribution in [2.45, 2.75) is 44.6 Å². The van der Waals surface area contributed by atoms with Crippen LogP contribution in [0.15, 0.2) is 0 Å². The van der Waals surface area contributed by atoms with Crippen molar-refractivity contribution < 1.29 is 4.74 Å². The summed E-state index contributed by atoms with van der Waals surface area (Å²) in [5.41, 5.74) is 4.11. The van der Waals surface area contributed by atoms with Gasteiger partial charge in [0.1, 0.15) is 0 Å². The Bertz CT molecular complexity index is 415. The molecular formula is C14H23N3O. The summed E-state index contributed by atoms with van der Waals surface area (Å²) in [6.45, 7) is 5.16. The van der Waals surface area contributed by atoms with Crippen LogP contribution in [0.2, 0.25) is 0 Å². The van der Waals surface area contributed by atoms with Gasteiger partial charge >= 0.3 is 0 Å². The molecule has 1 aromatic rings. The molecule has 1 N–H and O–H groups in total. The molecule has 0 aliphatic carbocycles. The van der Waals surface area contributed by atoms with Crippen LogP contribution in [0.3, 0.4) is 0 Å². The lowest BCUT2D eigenvalue weighted by molar-refractivity contribution is 0.0843. The van der Waals surface area contributed by atoms with Gasteiger partial charge in [0, 0.05) is 32.2 Å². The second kappa shape index (κ2) is 5.02. The molecule has 0 aromatic carbocycles. The van der Waals surface area contributed by atoms with E-state index in [0.29, 0.717) is 12.0 Å². The van der Waals surface area contributed by atoms with Gasteiger partial charge in [-0.3, -0.25) is 4.68 Å². The zero-order valence-electron chi connectivity index (χ0n) is 11.4. The molecule has 2 aliphatic rings. The van der Waals surface area contributed by atoms with Crippen molar-refractivity contribution in [1.82, 2.24) is 15.1 Å². The number of aromatic nitrogens is 2. The van der Waals surface area contributed by atoms with Crippen LogP contribution < -0.4 is 5.32 Å². The van der Waals surface area contributed by atoms with Gasteiger partial charge in [-0.1, -0.05) is 0 Å². The molecule has 100 valence electrons. The van der Waals surface area contributed by atoms with E-state index in [1.165, 1.54) is 29.8 Å². The first-order valence-electron chi connectivity index (χ1n) is 7.12. The zero-order valence-corrected chi connectivity index (χ0v) is 11.4. The molecule has 3 heterocycles. The predicted molar refractivity (Wildman–Crippen MR) is 70.7 cm³/mol. The number of rotatable bonds is 2. The smallest absolute Gasteiger partial charge is 0.0689 e. The average molecular weight is 249 g/mol. The zero-order chi connectivity index (χ0) is 12.5. The minimum absolute atomic E-state index is 0.510. The highest BCUT2D eigenvalue weighted by molar-refractivity contribution is 5.30. The van der Waals surface area contributed by atoms with E-state index in [1.54, 1.807) is 0 Å². The van der Waals surface area contributed by atoms with Gasteiger partial charge in [-0.15, -0.1) is 0 Å².